The predicted molar refractivity (Wildman–Crippen MR) is 57.6 cm³/mol. The quantitative estimate of drug-likeness (QED) is 0.708. The summed E-state index contributed by atoms with van der Waals surface area (Å²) in [5, 5.41) is 8.85. The molecule has 0 aromatic carbocycles. The number of hydrogen-bond acceptors (Lipinski definition) is 3. The molecule has 1 aliphatic rings. The lowest BCUT2D eigenvalue weighted by atomic mass is 10.2. The Hall–Kier alpha value is -1.03. The van der Waals surface area contributed by atoms with Crippen LogP contribution in [-0.2, 0) is 4.74 Å². The largest absolute Gasteiger partial charge is 0.444 e. The Kier molecular flexibility index (Phi) is 3.74. The molecular formula is C11H19NO3. The zero-order chi connectivity index (χ0) is 11.5. The molecule has 4 heteroatoms. The van der Waals surface area contributed by atoms with Gasteiger partial charge in [-0.15, -0.1) is 0 Å². The minimum atomic E-state index is -0.469. The number of hydrogen-bond donors (Lipinski definition) is 1. The van der Waals surface area contributed by atoms with Crippen molar-refractivity contribution in [2.24, 2.45) is 0 Å². The first kappa shape index (κ1) is 12.0. The van der Waals surface area contributed by atoms with Gasteiger partial charge in [0.25, 0.3) is 0 Å². The maximum Gasteiger partial charge on any atom is 0.411 e. The number of amides is 1. The highest BCUT2D eigenvalue weighted by Gasteiger charge is 2.28. The summed E-state index contributed by atoms with van der Waals surface area (Å²) in [4.78, 5) is 13.4. The van der Waals surface area contributed by atoms with Crippen LogP contribution in [0.25, 0.3) is 0 Å². The number of carbonyl (C=O) groups is 1. The zero-order valence-electron chi connectivity index (χ0n) is 9.56. The molecule has 1 N–H and O–H groups in total. The molecule has 0 bridgehead atoms. The van der Waals surface area contributed by atoms with Crippen LogP contribution in [0.15, 0.2) is 12.2 Å². The summed E-state index contributed by atoms with van der Waals surface area (Å²) in [7, 11) is 0. The van der Waals surface area contributed by atoms with Gasteiger partial charge in [0.2, 0.25) is 0 Å². The molecule has 1 atom stereocenters. The Bertz CT molecular complexity index is 255. The Balaban J connectivity index is 2.53. The van der Waals surface area contributed by atoms with Crippen LogP contribution in [0.1, 0.15) is 27.2 Å². The summed E-state index contributed by atoms with van der Waals surface area (Å²) in [6.45, 7) is 6.17. The van der Waals surface area contributed by atoms with Gasteiger partial charge in [0, 0.05) is 13.2 Å². The monoisotopic (exact) mass is 213 g/mol. The molecule has 0 saturated heterocycles. The summed E-state index contributed by atoms with van der Waals surface area (Å²) < 4.78 is 5.26. The Morgan fingerprint density at radius 1 is 1.60 bits per heavy atom. The van der Waals surface area contributed by atoms with Gasteiger partial charge in [-0.2, -0.15) is 0 Å². The van der Waals surface area contributed by atoms with Crippen LogP contribution in [0.2, 0.25) is 0 Å². The lowest BCUT2D eigenvalue weighted by Crippen LogP contribution is -2.40. The van der Waals surface area contributed by atoms with Crippen LogP contribution in [0, 0.1) is 0 Å². The van der Waals surface area contributed by atoms with E-state index in [9.17, 15) is 4.79 Å². The number of aliphatic hydroxyl groups is 1. The van der Waals surface area contributed by atoms with Crippen molar-refractivity contribution in [3.8, 4) is 0 Å². The second-order valence-electron chi connectivity index (χ2n) is 4.64. The molecular weight excluding hydrogens is 194 g/mol. The van der Waals surface area contributed by atoms with Gasteiger partial charge >= 0.3 is 6.09 Å². The molecule has 0 aromatic rings. The van der Waals surface area contributed by atoms with Crippen LogP contribution in [-0.4, -0.2) is 40.9 Å². The van der Waals surface area contributed by atoms with Crippen LogP contribution < -0.4 is 0 Å². The summed E-state index contributed by atoms with van der Waals surface area (Å²) in [6, 6.07) is -0.0233. The Labute approximate surface area is 90.5 Å². The summed E-state index contributed by atoms with van der Waals surface area (Å²) in [5.74, 6) is 0. The van der Waals surface area contributed by atoms with Gasteiger partial charge in [-0.05, 0) is 27.2 Å². The number of carbonyl (C=O) groups excluding carboxylic acids is 1. The minimum Gasteiger partial charge on any atom is -0.444 e. The molecule has 86 valence electrons. The maximum atomic E-state index is 11.7. The summed E-state index contributed by atoms with van der Waals surface area (Å²) in [6.07, 6.45) is 4.10. The second-order valence-corrected chi connectivity index (χ2v) is 4.64. The van der Waals surface area contributed by atoms with E-state index in [1.807, 2.05) is 32.9 Å². The van der Waals surface area contributed by atoms with E-state index in [4.69, 9.17) is 9.84 Å². The Morgan fingerprint density at radius 2 is 2.27 bits per heavy atom. The standard InChI is InChI=1S/C11H19NO3/c1-11(2,3)15-10(14)12-7-4-5-9(12)6-8-13/h4-5,9,13H,6-8H2,1-3H3. The zero-order valence-corrected chi connectivity index (χ0v) is 9.56. The van der Waals surface area contributed by atoms with Crippen molar-refractivity contribution in [1.82, 2.24) is 4.90 Å². The Morgan fingerprint density at radius 3 is 2.80 bits per heavy atom. The van der Waals surface area contributed by atoms with Gasteiger partial charge < -0.3 is 9.84 Å². The minimum absolute atomic E-state index is 0.0233. The number of rotatable bonds is 2. The van der Waals surface area contributed by atoms with Crippen molar-refractivity contribution >= 4 is 6.09 Å². The molecule has 0 aromatic heterocycles. The van der Waals surface area contributed by atoms with Gasteiger partial charge in [0.15, 0.2) is 0 Å². The smallest absolute Gasteiger partial charge is 0.411 e. The molecule has 0 spiro atoms. The lowest BCUT2D eigenvalue weighted by molar-refractivity contribution is 0.0227. The fourth-order valence-electron chi connectivity index (χ4n) is 1.49. The first-order chi connectivity index (χ1) is 6.94. The molecule has 4 nitrogen and oxygen atoms in total. The van der Waals surface area contributed by atoms with E-state index < -0.39 is 5.60 Å². The van der Waals surface area contributed by atoms with Crippen molar-refractivity contribution in [1.29, 1.82) is 0 Å². The average molecular weight is 213 g/mol. The molecule has 1 aliphatic heterocycles. The third-order valence-electron chi connectivity index (χ3n) is 2.11. The van der Waals surface area contributed by atoms with Gasteiger partial charge in [-0.3, -0.25) is 4.90 Å². The summed E-state index contributed by atoms with van der Waals surface area (Å²) in [5.41, 5.74) is -0.469. The molecule has 0 radical (unpaired) electrons. The number of aliphatic hydroxyl groups excluding tert-OH is 1. The van der Waals surface area contributed by atoms with Crippen LogP contribution in [0.4, 0.5) is 4.79 Å². The van der Waals surface area contributed by atoms with Crippen molar-refractivity contribution in [3.63, 3.8) is 0 Å². The highest BCUT2D eigenvalue weighted by molar-refractivity contribution is 5.69. The predicted octanol–water partition coefficient (Wildman–Crippen LogP) is 1.54. The molecule has 0 fully saturated rings. The van der Waals surface area contributed by atoms with Crippen molar-refractivity contribution in [2.45, 2.75) is 38.8 Å². The van der Waals surface area contributed by atoms with Crippen molar-refractivity contribution in [2.75, 3.05) is 13.2 Å². The van der Waals surface area contributed by atoms with E-state index in [2.05, 4.69) is 0 Å². The van der Waals surface area contributed by atoms with Crippen molar-refractivity contribution < 1.29 is 14.6 Å². The molecule has 1 rings (SSSR count). The van der Waals surface area contributed by atoms with Crippen LogP contribution in [0.5, 0.6) is 0 Å². The molecule has 0 aliphatic carbocycles. The van der Waals surface area contributed by atoms with Gasteiger partial charge in [0.05, 0.1) is 6.04 Å². The topological polar surface area (TPSA) is 49.8 Å². The lowest BCUT2D eigenvalue weighted by Gasteiger charge is -2.28. The molecule has 1 amide bonds. The first-order valence-electron chi connectivity index (χ1n) is 5.21. The molecule has 15 heavy (non-hydrogen) atoms. The van der Waals surface area contributed by atoms with E-state index in [0.29, 0.717) is 13.0 Å². The van der Waals surface area contributed by atoms with E-state index >= 15 is 0 Å². The SMILES string of the molecule is CC(C)(C)OC(=O)N1CC=CC1CCO. The van der Waals surface area contributed by atoms with Gasteiger partial charge in [-0.1, -0.05) is 12.2 Å². The number of nitrogens with zero attached hydrogens (tertiary/aromatic N) is 1. The molecule has 0 saturated carbocycles. The highest BCUT2D eigenvalue weighted by Crippen LogP contribution is 2.17. The maximum absolute atomic E-state index is 11.7. The van der Waals surface area contributed by atoms with Crippen LogP contribution in [0.3, 0.4) is 0 Å². The van der Waals surface area contributed by atoms with Crippen molar-refractivity contribution in [3.05, 3.63) is 12.2 Å². The van der Waals surface area contributed by atoms with Gasteiger partial charge in [-0.25, -0.2) is 4.79 Å². The fourth-order valence-corrected chi connectivity index (χ4v) is 1.49. The molecule has 1 unspecified atom stereocenters. The first-order valence-corrected chi connectivity index (χ1v) is 5.21. The van der Waals surface area contributed by atoms with Crippen LogP contribution >= 0.6 is 0 Å². The fraction of sp³-hybridized carbons (Fsp3) is 0.727. The van der Waals surface area contributed by atoms with E-state index in [-0.39, 0.29) is 18.7 Å². The highest BCUT2D eigenvalue weighted by atomic mass is 16.6. The third kappa shape index (κ3) is 3.55. The normalized spacial score (nSPS) is 20.8. The van der Waals surface area contributed by atoms with E-state index in [1.54, 1.807) is 4.90 Å². The average Bonchev–Trinajstić information content (AvgIpc) is 2.49. The molecule has 1 heterocycles. The van der Waals surface area contributed by atoms with E-state index in [1.165, 1.54) is 0 Å². The second kappa shape index (κ2) is 4.66. The summed E-state index contributed by atoms with van der Waals surface area (Å²) >= 11 is 0. The third-order valence-corrected chi connectivity index (χ3v) is 2.11. The van der Waals surface area contributed by atoms with Gasteiger partial charge in [0.1, 0.15) is 5.60 Å². The number of ether oxygens (including phenoxy) is 1. The van der Waals surface area contributed by atoms with E-state index in [0.717, 1.165) is 0 Å².